The van der Waals surface area contributed by atoms with Crippen molar-refractivity contribution in [1.82, 2.24) is 9.97 Å². The maximum atomic E-state index is 12.9. The summed E-state index contributed by atoms with van der Waals surface area (Å²) in [6.07, 6.45) is 3.50. The Morgan fingerprint density at radius 1 is 1.20 bits per heavy atom. The van der Waals surface area contributed by atoms with Gasteiger partial charge < -0.3 is 19.3 Å². The van der Waals surface area contributed by atoms with Crippen LogP contribution >= 0.6 is 0 Å². The van der Waals surface area contributed by atoms with Crippen LogP contribution in [0.5, 0.6) is 5.75 Å². The van der Waals surface area contributed by atoms with Gasteiger partial charge in [0, 0.05) is 27.2 Å². The average Bonchev–Trinajstić information content (AvgIpc) is 2.75. The van der Waals surface area contributed by atoms with Crippen LogP contribution in [-0.2, 0) is 14.8 Å². The number of ether oxygens (including phenoxy) is 2. The van der Waals surface area contributed by atoms with Crippen molar-refractivity contribution in [3.05, 3.63) is 30.5 Å². The molecular weight excluding hydrogens is 406 g/mol. The normalized spacial score (nSPS) is 14.4. The molecule has 0 radical (unpaired) electrons. The molecule has 1 fully saturated rings. The van der Waals surface area contributed by atoms with Crippen LogP contribution in [0.1, 0.15) is 19.8 Å². The van der Waals surface area contributed by atoms with Gasteiger partial charge in [0.2, 0.25) is 5.95 Å². The Kier molecular flexibility index (Phi) is 7.33. The van der Waals surface area contributed by atoms with Gasteiger partial charge in [0.25, 0.3) is 10.0 Å². The molecule has 0 saturated carbocycles. The molecule has 1 aliphatic heterocycles. The number of aromatic nitrogens is 2. The first-order valence-corrected chi connectivity index (χ1v) is 11.5. The molecule has 9 nitrogen and oxygen atoms in total. The summed E-state index contributed by atoms with van der Waals surface area (Å²) >= 11 is 0. The number of hydrogen-bond acceptors (Lipinski definition) is 8. The molecule has 1 N–H and O–H groups in total. The summed E-state index contributed by atoms with van der Waals surface area (Å²) in [5, 5.41) is 0. The van der Waals surface area contributed by atoms with E-state index in [4.69, 9.17) is 9.47 Å². The summed E-state index contributed by atoms with van der Waals surface area (Å²) in [5.74, 6) is 1.70. The van der Waals surface area contributed by atoms with E-state index in [1.807, 2.05) is 19.0 Å². The first-order chi connectivity index (χ1) is 14.4. The second-order valence-corrected chi connectivity index (χ2v) is 8.86. The first-order valence-electron chi connectivity index (χ1n) is 10.0. The van der Waals surface area contributed by atoms with Crippen molar-refractivity contribution in [3.63, 3.8) is 0 Å². The molecule has 0 unspecified atom stereocenters. The standard InChI is InChI=1S/C20H29N5O4S/c1-4-5-12-29-16-6-8-17(9-7-16)30(26,27)23-18-15-21-20(22-19(18)24(2)3)25-10-13-28-14-11-25/h6-9,15,23H,4-5,10-14H2,1-3H3. The highest BCUT2D eigenvalue weighted by Crippen LogP contribution is 2.27. The lowest BCUT2D eigenvalue weighted by Crippen LogP contribution is -2.37. The molecule has 1 saturated heterocycles. The van der Waals surface area contributed by atoms with E-state index in [9.17, 15) is 8.42 Å². The number of anilines is 3. The minimum Gasteiger partial charge on any atom is -0.494 e. The van der Waals surface area contributed by atoms with Crippen LogP contribution in [0.4, 0.5) is 17.5 Å². The molecule has 0 amide bonds. The lowest BCUT2D eigenvalue weighted by Gasteiger charge is -2.28. The van der Waals surface area contributed by atoms with Crippen LogP contribution in [0.25, 0.3) is 0 Å². The highest BCUT2D eigenvalue weighted by Gasteiger charge is 2.21. The molecule has 10 heteroatoms. The number of unbranched alkanes of at least 4 members (excludes halogenated alkanes) is 1. The molecule has 3 rings (SSSR count). The van der Waals surface area contributed by atoms with E-state index in [2.05, 4.69) is 21.6 Å². The van der Waals surface area contributed by atoms with Crippen molar-refractivity contribution in [2.45, 2.75) is 24.7 Å². The second kappa shape index (κ2) is 9.94. The van der Waals surface area contributed by atoms with Crippen LogP contribution in [0.3, 0.4) is 0 Å². The highest BCUT2D eigenvalue weighted by molar-refractivity contribution is 7.92. The number of nitrogens with one attached hydrogen (secondary N) is 1. The lowest BCUT2D eigenvalue weighted by atomic mass is 10.3. The van der Waals surface area contributed by atoms with Gasteiger partial charge in [-0.2, -0.15) is 4.98 Å². The Hall–Kier alpha value is -2.59. The van der Waals surface area contributed by atoms with Gasteiger partial charge >= 0.3 is 0 Å². The second-order valence-electron chi connectivity index (χ2n) is 7.18. The Morgan fingerprint density at radius 3 is 2.53 bits per heavy atom. The van der Waals surface area contributed by atoms with E-state index in [1.54, 1.807) is 17.0 Å². The van der Waals surface area contributed by atoms with Gasteiger partial charge in [-0.1, -0.05) is 13.3 Å². The third kappa shape index (κ3) is 5.51. The number of hydrogen-bond donors (Lipinski definition) is 1. The van der Waals surface area contributed by atoms with Gasteiger partial charge in [-0.25, -0.2) is 13.4 Å². The maximum absolute atomic E-state index is 12.9. The van der Waals surface area contributed by atoms with Crippen LogP contribution in [0.2, 0.25) is 0 Å². The van der Waals surface area contributed by atoms with Gasteiger partial charge in [-0.15, -0.1) is 0 Å². The third-order valence-electron chi connectivity index (χ3n) is 4.62. The van der Waals surface area contributed by atoms with Crippen molar-refractivity contribution in [2.75, 3.05) is 61.5 Å². The van der Waals surface area contributed by atoms with E-state index in [0.29, 0.717) is 56.1 Å². The van der Waals surface area contributed by atoms with Gasteiger partial charge in [-0.3, -0.25) is 4.72 Å². The summed E-state index contributed by atoms with van der Waals surface area (Å²) in [6.45, 7) is 5.33. The predicted octanol–water partition coefficient (Wildman–Crippen LogP) is 2.36. The topological polar surface area (TPSA) is 96.9 Å². The van der Waals surface area contributed by atoms with E-state index in [1.165, 1.54) is 18.3 Å². The molecule has 2 heterocycles. The number of rotatable bonds is 9. The van der Waals surface area contributed by atoms with Crippen LogP contribution < -0.4 is 19.3 Å². The third-order valence-corrected chi connectivity index (χ3v) is 6.00. The quantitative estimate of drug-likeness (QED) is 0.600. The summed E-state index contributed by atoms with van der Waals surface area (Å²) in [6, 6.07) is 6.38. The largest absolute Gasteiger partial charge is 0.494 e. The fourth-order valence-electron chi connectivity index (χ4n) is 2.95. The zero-order chi connectivity index (χ0) is 21.6. The fourth-order valence-corrected chi connectivity index (χ4v) is 3.99. The van der Waals surface area contributed by atoms with E-state index in [0.717, 1.165) is 12.8 Å². The average molecular weight is 436 g/mol. The molecule has 1 aromatic carbocycles. The zero-order valence-corrected chi connectivity index (χ0v) is 18.5. The van der Waals surface area contributed by atoms with Crippen molar-refractivity contribution in [2.24, 2.45) is 0 Å². The maximum Gasteiger partial charge on any atom is 0.262 e. The van der Waals surface area contributed by atoms with Crippen LogP contribution in [0.15, 0.2) is 35.4 Å². The molecule has 0 aliphatic carbocycles. The van der Waals surface area contributed by atoms with Crippen LogP contribution in [-0.4, -0.2) is 65.4 Å². The minimum atomic E-state index is -3.79. The number of benzene rings is 1. The molecule has 30 heavy (non-hydrogen) atoms. The molecule has 1 aromatic heterocycles. The van der Waals surface area contributed by atoms with E-state index in [-0.39, 0.29) is 4.90 Å². The molecule has 0 bridgehead atoms. The highest BCUT2D eigenvalue weighted by atomic mass is 32.2. The van der Waals surface area contributed by atoms with E-state index < -0.39 is 10.0 Å². The summed E-state index contributed by atoms with van der Waals surface area (Å²) < 4.78 is 39.3. The van der Waals surface area contributed by atoms with Crippen molar-refractivity contribution < 1.29 is 17.9 Å². The van der Waals surface area contributed by atoms with Crippen molar-refractivity contribution >= 4 is 27.5 Å². The number of morpholine rings is 1. The molecule has 0 spiro atoms. The first kappa shape index (κ1) is 22.1. The predicted molar refractivity (Wildman–Crippen MR) is 117 cm³/mol. The summed E-state index contributed by atoms with van der Waals surface area (Å²) in [5.41, 5.74) is 0.320. The van der Waals surface area contributed by atoms with Gasteiger partial charge in [-0.05, 0) is 30.7 Å². The van der Waals surface area contributed by atoms with Crippen molar-refractivity contribution in [3.8, 4) is 5.75 Å². The Bertz CT molecular complexity index is 929. The summed E-state index contributed by atoms with van der Waals surface area (Å²) in [7, 11) is -0.172. The Morgan fingerprint density at radius 2 is 1.90 bits per heavy atom. The van der Waals surface area contributed by atoms with Crippen LogP contribution in [0, 0.1) is 0 Å². The SMILES string of the molecule is CCCCOc1ccc(S(=O)(=O)Nc2cnc(N3CCOCC3)nc2N(C)C)cc1. The monoisotopic (exact) mass is 435 g/mol. The lowest BCUT2D eigenvalue weighted by molar-refractivity contribution is 0.122. The molecule has 1 aliphatic rings. The number of sulfonamides is 1. The van der Waals surface area contributed by atoms with Gasteiger partial charge in [0.05, 0.1) is 30.9 Å². The van der Waals surface area contributed by atoms with Gasteiger partial charge in [0.1, 0.15) is 11.4 Å². The zero-order valence-electron chi connectivity index (χ0n) is 17.7. The summed E-state index contributed by atoms with van der Waals surface area (Å²) in [4.78, 5) is 12.9. The van der Waals surface area contributed by atoms with Gasteiger partial charge in [0.15, 0.2) is 5.82 Å². The smallest absolute Gasteiger partial charge is 0.262 e. The van der Waals surface area contributed by atoms with E-state index >= 15 is 0 Å². The fraction of sp³-hybridized carbons (Fsp3) is 0.500. The van der Waals surface area contributed by atoms with Crippen molar-refractivity contribution in [1.29, 1.82) is 0 Å². The molecule has 0 atom stereocenters. The number of nitrogens with zero attached hydrogens (tertiary/aromatic N) is 4. The molecule has 2 aromatic rings. The minimum absolute atomic E-state index is 0.146. The Labute approximate surface area is 178 Å². The molecule has 164 valence electrons. The molecular formula is C20H29N5O4S. The Balaban J connectivity index is 1.78.